The first-order valence-corrected chi connectivity index (χ1v) is 4.60. The lowest BCUT2D eigenvalue weighted by Gasteiger charge is -2.05. The fourth-order valence-electron chi connectivity index (χ4n) is 0.851. The summed E-state index contributed by atoms with van der Waals surface area (Å²) >= 11 is 11.4. The second-order valence-electron chi connectivity index (χ2n) is 2.42. The van der Waals surface area contributed by atoms with Gasteiger partial charge in [-0.05, 0) is 13.0 Å². The number of aromatic nitrogens is 1. The second kappa shape index (κ2) is 4.48. The van der Waals surface area contributed by atoms with Crippen molar-refractivity contribution in [3.8, 4) is 0 Å². The highest BCUT2D eigenvalue weighted by Gasteiger charge is 2.16. The first-order chi connectivity index (χ1) is 6.56. The number of carbonyl (C=O) groups excluding carboxylic acids is 1. The van der Waals surface area contributed by atoms with Crippen LogP contribution in [0, 0.1) is 0 Å². The van der Waals surface area contributed by atoms with E-state index in [1.54, 1.807) is 6.92 Å². The summed E-state index contributed by atoms with van der Waals surface area (Å²) in [7, 11) is 0. The largest absolute Gasteiger partial charge is 0.461 e. The zero-order valence-electron chi connectivity index (χ0n) is 7.38. The Morgan fingerprint density at radius 3 is 2.86 bits per heavy atom. The Bertz CT molecular complexity index is 369. The summed E-state index contributed by atoms with van der Waals surface area (Å²) in [5.74, 6) is -0.633. The van der Waals surface area contributed by atoms with Crippen molar-refractivity contribution in [2.75, 3.05) is 12.3 Å². The van der Waals surface area contributed by atoms with E-state index in [1.165, 1.54) is 6.07 Å². The van der Waals surface area contributed by atoms with Gasteiger partial charge < -0.3 is 10.5 Å². The van der Waals surface area contributed by atoms with Crippen molar-refractivity contribution < 1.29 is 9.53 Å². The molecule has 0 bridgehead atoms. The summed E-state index contributed by atoms with van der Waals surface area (Å²) < 4.78 is 4.72. The Kier molecular flexibility index (Phi) is 3.55. The molecule has 1 heterocycles. The lowest BCUT2D eigenvalue weighted by Crippen LogP contribution is -2.09. The zero-order valence-corrected chi connectivity index (χ0v) is 8.89. The number of halogens is 2. The molecular formula is C8H8Cl2N2O2. The smallest absolute Gasteiger partial charge is 0.358 e. The number of hydrogen-bond acceptors (Lipinski definition) is 4. The Labute approximate surface area is 91.0 Å². The van der Waals surface area contributed by atoms with E-state index in [4.69, 9.17) is 33.7 Å². The number of pyridine rings is 1. The maximum atomic E-state index is 11.3. The van der Waals surface area contributed by atoms with Crippen molar-refractivity contribution in [3.63, 3.8) is 0 Å². The number of nitrogens with two attached hydrogens (primary N) is 1. The Balaban J connectivity index is 3.13. The highest BCUT2D eigenvalue weighted by atomic mass is 35.5. The molecule has 0 radical (unpaired) electrons. The lowest BCUT2D eigenvalue weighted by atomic mass is 10.3. The Morgan fingerprint density at radius 2 is 2.29 bits per heavy atom. The molecule has 4 nitrogen and oxygen atoms in total. The van der Waals surface area contributed by atoms with Crippen LogP contribution >= 0.6 is 23.2 Å². The maximum absolute atomic E-state index is 11.3. The molecule has 0 spiro atoms. The third kappa shape index (κ3) is 2.27. The third-order valence-electron chi connectivity index (χ3n) is 1.42. The monoisotopic (exact) mass is 234 g/mol. The Morgan fingerprint density at radius 1 is 1.64 bits per heavy atom. The molecule has 2 N–H and O–H groups in total. The van der Waals surface area contributed by atoms with Crippen molar-refractivity contribution in [1.82, 2.24) is 4.98 Å². The fourth-order valence-corrected chi connectivity index (χ4v) is 1.23. The molecule has 0 saturated heterocycles. The average Bonchev–Trinajstić information content (AvgIpc) is 2.11. The van der Waals surface area contributed by atoms with Crippen LogP contribution < -0.4 is 5.73 Å². The van der Waals surface area contributed by atoms with Crippen LogP contribution in [0.25, 0.3) is 0 Å². The third-order valence-corrected chi connectivity index (χ3v) is 2.01. The van der Waals surface area contributed by atoms with Crippen LogP contribution in [0.5, 0.6) is 0 Å². The molecule has 0 saturated carbocycles. The molecule has 14 heavy (non-hydrogen) atoms. The van der Waals surface area contributed by atoms with Crippen LogP contribution in [0.15, 0.2) is 6.07 Å². The number of ether oxygens (including phenoxy) is 1. The van der Waals surface area contributed by atoms with Crippen molar-refractivity contribution in [3.05, 3.63) is 21.9 Å². The van der Waals surface area contributed by atoms with Crippen LogP contribution in [0.2, 0.25) is 10.2 Å². The van der Waals surface area contributed by atoms with Crippen molar-refractivity contribution in [2.24, 2.45) is 0 Å². The van der Waals surface area contributed by atoms with Crippen LogP contribution in [0.4, 0.5) is 5.69 Å². The van der Waals surface area contributed by atoms with Gasteiger partial charge in [0.2, 0.25) is 0 Å². The highest BCUT2D eigenvalue weighted by molar-refractivity contribution is 6.37. The van der Waals surface area contributed by atoms with Crippen LogP contribution in [0.3, 0.4) is 0 Å². The van der Waals surface area contributed by atoms with Gasteiger partial charge in [-0.15, -0.1) is 0 Å². The van der Waals surface area contributed by atoms with Gasteiger partial charge in [-0.1, -0.05) is 23.2 Å². The van der Waals surface area contributed by atoms with Crippen molar-refractivity contribution in [1.29, 1.82) is 0 Å². The quantitative estimate of drug-likeness (QED) is 0.630. The molecule has 1 aromatic heterocycles. The van der Waals surface area contributed by atoms with E-state index < -0.39 is 5.97 Å². The summed E-state index contributed by atoms with van der Waals surface area (Å²) in [4.78, 5) is 15.0. The summed E-state index contributed by atoms with van der Waals surface area (Å²) in [6.45, 7) is 1.92. The van der Waals surface area contributed by atoms with Gasteiger partial charge >= 0.3 is 5.97 Å². The number of hydrogen-bond donors (Lipinski definition) is 1. The molecule has 6 heteroatoms. The lowest BCUT2D eigenvalue weighted by molar-refractivity contribution is 0.0520. The molecule has 1 rings (SSSR count). The summed E-state index contributed by atoms with van der Waals surface area (Å²) in [6, 6.07) is 1.37. The van der Waals surface area contributed by atoms with Crippen molar-refractivity contribution >= 4 is 34.9 Å². The predicted molar refractivity (Wildman–Crippen MR) is 54.6 cm³/mol. The van der Waals surface area contributed by atoms with E-state index in [-0.39, 0.29) is 28.2 Å². The molecule has 0 unspecified atom stereocenters. The molecule has 0 atom stereocenters. The molecule has 0 aliphatic carbocycles. The maximum Gasteiger partial charge on any atom is 0.358 e. The first kappa shape index (κ1) is 11.1. The minimum atomic E-state index is -0.633. The first-order valence-electron chi connectivity index (χ1n) is 3.85. The number of nitrogens with zero attached hydrogens (tertiary/aromatic N) is 1. The van der Waals surface area contributed by atoms with Crippen LogP contribution in [-0.4, -0.2) is 17.6 Å². The molecule has 1 aromatic rings. The van der Waals surface area contributed by atoms with Gasteiger partial charge in [0.05, 0.1) is 17.3 Å². The summed E-state index contributed by atoms with van der Waals surface area (Å²) in [5, 5.41) is 0.169. The molecule has 0 aromatic carbocycles. The summed E-state index contributed by atoms with van der Waals surface area (Å²) in [6.07, 6.45) is 0. The minimum absolute atomic E-state index is 0.0569. The topological polar surface area (TPSA) is 65.2 Å². The van der Waals surface area contributed by atoms with E-state index in [9.17, 15) is 4.79 Å². The number of nitrogen functional groups attached to an aromatic ring is 1. The van der Waals surface area contributed by atoms with E-state index >= 15 is 0 Å². The second-order valence-corrected chi connectivity index (χ2v) is 3.18. The van der Waals surface area contributed by atoms with E-state index in [2.05, 4.69) is 4.98 Å². The fraction of sp³-hybridized carbons (Fsp3) is 0.250. The van der Waals surface area contributed by atoms with Crippen LogP contribution in [0.1, 0.15) is 17.4 Å². The van der Waals surface area contributed by atoms with Crippen LogP contribution in [-0.2, 0) is 4.74 Å². The van der Waals surface area contributed by atoms with Gasteiger partial charge in [-0.3, -0.25) is 0 Å². The highest BCUT2D eigenvalue weighted by Crippen LogP contribution is 2.25. The summed E-state index contributed by atoms with van der Waals surface area (Å²) in [5.41, 5.74) is 5.64. The SMILES string of the molecule is CCOC(=O)c1nc(Cl)cc(N)c1Cl. The van der Waals surface area contributed by atoms with Gasteiger partial charge in [0.15, 0.2) is 5.69 Å². The molecule has 0 amide bonds. The number of anilines is 1. The van der Waals surface area contributed by atoms with Gasteiger partial charge in [0.1, 0.15) is 5.15 Å². The molecule has 76 valence electrons. The molecule has 0 aliphatic heterocycles. The number of carbonyl (C=O) groups is 1. The average molecular weight is 235 g/mol. The van der Waals surface area contributed by atoms with E-state index in [0.29, 0.717) is 0 Å². The van der Waals surface area contributed by atoms with E-state index in [1.807, 2.05) is 0 Å². The Hall–Kier alpha value is -1.00. The molecule has 0 fully saturated rings. The number of esters is 1. The molecule has 0 aliphatic rings. The predicted octanol–water partition coefficient (Wildman–Crippen LogP) is 2.15. The van der Waals surface area contributed by atoms with E-state index in [0.717, 1.165) is 0 Å². The van der Waals surface area contributed by atoms with Gasteiger partial charge in [0.25, 0.3) is 0 Å². The normalized spacial score (nSPS) is 9.93. The standard InChI is InChI=1S/C8H8Cl2N2O2/c1-2-14-8(13)7-6(10)4(11)3-5(9)12-7/h3H,2H2,1H3,(H2,11,12). The zero-order chi connectivity index (χ0) is 10.7. The molecular weight excluding hydrogens is 227 g/mol. The van der Waals surface area contributed by atoms with Gasteiger partial charge in [0, 0.05) is 0 Å². The van der Waals surface area contributed by atoms with Gasteiger partial charge in [-0.25, -0.2) is 9.78 Å². The minimum Gasteiger partial charge on any atom is -0.461 e. The van der Waals surface area contributed by atoms with Gasteiger partial charge in [-0.2, -0.15) is 0 Å². The van der Waals surface area contributed by atoms with Crippen molar-refractivity contribution in [2.45, 2.75) is 6.92 Å². The number of rotatable bonds is 2.